The maximum atomic E-state index is 13.1. The van der Waals surface area contributed by atoms with Crippen molar-refractivity contribution >= 4 is 11.7 Å². The number of amides is 1. The summed E-state index contributed by atoms with van der Waals surface area (Å²) in [5.74, 6) is -1.40. The van der Waals surface area contributed by atoms with Crippen LogP contribution in [0.2, 0.25) is 0 Å². The first kappa shape index (κ1) is 18.6. The molecule has 0 aliphatic carbocycles. The molecule has 0 aliphatic heterocycles. The summed E-state index contributed by atoms with van der Waals surface area (Å²) in [6, 6.07) is 6.63. The van der Waals surface area contributed by atoms with Gasteiger partial charge in [-0.25, -0.2) is 0 Å². The number of Topliss-reactive ketones (excluding diaryl/α,β-unsaturated/α-hetero) is 1. The molecule has 0 aliphatic rings. The van der Waals surface area contributed by atoms with E-state index in [1.165, 1.54) is 6.20 Å². The van der Waals surface area contributed by atoms with Gasteiger partial charge in [0.2, 0.25) is 18.2 Å². The van der Waals surface area contributed by atoms with Gasteiger partial charge in [-0.1, -0.05) is 18.2 Å². The number of hydrogen-bond donors (Lipinski definition) is 1. The van der Waals surface area contributed by atoms with E-state index in [2.05, 4.69) is 0 Å². The Balaban J connectivity index is 2.25. The molecule has 1 aromatic carbocycles. The Bertz CT molecular complexity index is 809. The topological polar surface area (TPSA) is 64.0 Å². The predicted octanol–water partition coefficient (Wildman–Crippen LogP) is 2.52. The minimum atomic E-state index is -4.73. The van der Waals surface area contributed by atoms with Crippen LogP contribution in [0, 0.1) is 13.8 Å². The first-order chi connectivity index (χ1) is 11.6. The van der Waals surface area contributed by atoms with Gasteiger partial charge in [0.05, 0.1) is 5.56 Å². The standard InChI is InChI=1S/C18H17F3N2O2/c1-11-4-3-5-12(2)15(11)8-13(24)9-23-7-6-14(17(22)25)16(10-23)18(19,20)21/h3-7,10H,8-9H2,1-2H3,(H-,22,25)/p+1. The molecular formula is C18H18F3N2O2+. The van der Waals surface area contributed by atoms with Crippen LogP contribution in [0.5, 0.6) is 0 Å². The lowest BCUT2D eigenvalue weighted by molar-refractivity contribution is -0.685. The summed E-state index contributed by atoms with van der Waals surface area (Å²) >= 11 is 0. The van der Waals surface area contributed by atoms with Crippen LogP contribution in [0.3, 0.4) is 0 Å². The van der Waals surface area contributed by atoms with Crippen molar-refractivity contribution in [3.63, 3.8) is 0 Å². The van der Waals surface area contributed by atoms with Gasteiger partial charge in [-0.05, 0) is 30.5 Å². The van der Waals surface area contributed by atoms with E-state index in [9.17, 15) is 22.8 Å². The summed E-state index contributed by atoms with van der Waals surface area (Å²) in [5.41, 5.74) is 6.00. The maximum absolute atomic E-state index is 13.1. The average Bonchev–Trinajstić information content (AvgIpc) is 2.50. The third kappa shape index (κ3) is 4.43. The van der Waals surface area contributed by atoms with Crippen LogP contribution in [0.15, 0.2) is 36.7 Å². The number of alkyl halides is 3. The molecule has 2 rings (SSSR count). The van der Waals surface area contributed by atoms with Crippen molar-refractivity contribution in [3.8, 4) is 0 Å². The monoisotopic (exact) mass is 351 g/mol. The SMILES string of the molecule is Cc1cccc(C)c1CC(=O)C[n+]1ccc(C(N)=O)c(C(F)(F)F)c1. The van der Waals surface area contributed by atoms with Crippen molar-refractivity contribution in [1.82, 2.24) is 0 Å². The molecule has 1 heterocycles. The summed E-state index contributed by atoms with van der Waals surface area (Å²) in [5, 5.41) is 0. The molecule has 0 saturated carbocycles. The summed E-state index contributed by atoms with van der Waals surface area (Å²) in [6.45, 7) is 3.54. The Morgan fingerprint density at radius 2 is 1.72 bits per heavy atom. The highest BCUT2D eigenvalue weighted by Crippen LogP contribution is 2.30. The van der Waals surface area contributed by atoms with E-state index in [1.807, 2.05) is 32.0 Å². The molecule has 4 nitrogen and oxygen atoms in total. The van der Waals surface area contributed by atoms with Crippen LogP contribution >= 0.6 is 0 Å². The molecule has 2 N–H and O–H groups in total. The first-order valence-electron chi connectivity index (χ1n) is 7.56. The van der Waals surface area contributed by atoms with Crippen LogP contribution < -0.4 is 10.3 Å². The molecule has 25 heavy (non-hydrogen) atoms. The number of halogens is 3. The second-order valence-corrected chi connectivity index (χ2v) is 5.89. The molecule has 0 spiro atoms. The predicted molar refractivity (Wildman–Crippen MR) is 84.8 cm³/mol. The highest BCUT2D eigenvalue weighted by molar-refractivity contribution is 5.94. The number of nitrogens with two attached hydrogens (primary N) is 1. The summed E-state index contributed by atoms with van der Waals surface area (Å²) in [6.07, 6.45) is -2.62. The van der Waals surface area contributed by atoms with Gasteiger partial charge in [-0.2, -0.15) is 17.7 Å². The third-order valence-electron chi connectivity index (χ3n) is 3.97. The zero-order valence-corrected chi connectivity index (χ0v) is 13.9. The zero-order valence-electron chi connectivity index (χ0n) is 13.9. The van der Waals surface area contributed by atoms with Crippen molar-refractivity contribution in [2.45, 2.75) is 33.0 Å². The number of ketones is 1. The highest BCUT2D eigenvalue weighted by atomic mass is 19.4. The minimum Gasteiger partial charge on any atom is -0.366 e. The van der Waals surface area contributed by atoms with E-state index < -0.39 is 23.2 Å². The molecule has 1 aromatic heterocycles. The lowest BCUT2D eigenvalue weighted by atomic mass is 9.98. The van der Waals surface area contributed by atoms with Crippen LogP contribution in [0.4, 0.5) is 13.2 Å². The smallest absolute Gasteiger partial charge is 0.366 e. The Hall–Kier alpha value is -2.70. The van der Waals surface area contributed by atoms with Gasteiger partial charge in [0.15, 0.2) is 12.4 Å². The molecule has 7 heteroatoms. The first-order valence-corrected chi connectivity index (χ1v) is 7.56. The fourth-order valence-corrected chi connectivity index (χ4v) is 2.66. The average molecular weight is 351 g/mol. The Kier molecular flexibility index (Phi) is 5.25. The van der Waals surface area contributed by atoms with Crippen LogP contribution in [-0.4, -0.2) is 11.7 Å². The van der Waals surface area contributed by atoms with Gasteiger partial charge < -0.3 is 5.73 Å². The van der Waals surface area contributed by atoms with Gasteiger partial charge >= 0.3 is 6.18 Å². The molecule has 1 amide bonds. The lowest BCUT2D eigenvalue weighted by Crippen LogP contribution is -2.40. The van der Waals surface area contributed by atoms with Crippen molar-refractivity contribution in [3.05, 3.63) is 64.5 Å². The van der Waals surface area contributed by atoms with Gasteiger partial charge in [0, 0.05) is 12.5 Å². The molecule has 2 aromatic rings. The number of carbonyl (C=O) groups is 2. The summed E-state index contributed by atoms with van der Waals surface area (Å²) in [7, 11) is 0. The molecule has 0 unspecified atom stereocenters. The number of aryl methyl sites for hydroxylation is 2. The number of aromatic nitrogens is 1. The number of nitrogens with zero attached hydrogens (tertiary/aromatic N) is 1. The van der Waals surface area contributed by atoms with E-state index in [1.54, 1.807) is 0 Å². The lowest BCUT2D eigenvalue weighted by Gasteiger charge is -2.10. The zero-order chi connectivity index (χ0) is 18.8. The largest absolute Gasteiger partial charge is 0.422 e. The van der Waals surface area contributed by atoms with Gasteiger partial charge in [-0.15, -0.1) is 0 Å². The van der Waals surface area contributed by atoms with Crippen molar-refractivity contribution < 1.29 is 27.3 Å². The highest BCUT2D eigenvalue weighted by Gasteiger charge is 2.38. The fourth-order valence-electron chi connectivity index (χ4n) is 2.66. The Morgan fingerprint density at radius 1 is 1.12 bits per heavy atom. The number of rotatable bonds is 5. The molecule has 0 saturated heterocycles. The van der Waals surface area contributed by atoms with E-state index in [-0.39, 0.29) is 18.7 Å². The number of pyridine rings is 1. The van der Waals surface area contributed by atoms with E-state index >= 15 is 0 Å². The van der Waals surface area contributed by atoms with Gasteiger partial charge in [-0.3, -0.25) is 9.59 Å². The second kappa shape index (κ2) is 7.04. The van der Waals surface area contributed by atoms with Gasteiger partial charge in [0.25, 0.3) is 0 Å². The molecule has 0 bridgehead atoms. The molecule has 0 fully saturated rings. The van der Waals surface area contributed by atoms with Crippen LogP contribution in [0.1, 0.15) is 32.6 Å². The minimum absolute atomic E-state index is 0.129. The summed E-state index contributed by atoms with van der Waals surface area (Å²) < 4.78 is 40.3. The fraction of sp³-hybridized carbons (Fsp3) is 0.278. The molecule has 0 atom stereocenters. The van der Waals surface area contributed by atoms with Crippen molar-refractivity contribution in [1.29, 1.82) is 0 Å². The number of benzene rings is 1. The van der Waals surface area contributed by atoms with Crippen molar-refractivity contribution in [2.24, 2.45) is 5.73 Å². The van der Waals surface area contributed by atoms with E-state index in [4.69, 9.17) is 5.73 Å². The summed E-state index contributed by atoms with van der Waals surface area (Å²) in [4.78, 5) is 23.4. The second-order valence-electron chi connectivity index (χ2n) is 5.89. The van der Waals surface area contributed by atoms with Crippen LogP contribution in [-0.2, 0) is 23.9 Å². The van der Waals surface area contributed by atoms with Crippen molar-refractivity contribution in [2.75, 3.05) is 0 Å². The normalized spacial score (nSPS) is 11.4. The number of hydrogen-bond acceptors (Lipinski definition) is 2. The Morgan fingerprint density at radius 3 is 2.24 bits per heavy atom. The van der Waals surface area contributed by atoms with Gasteiger partial charge in [0.1, 0.15) is 5.56 Å². The number of primary amides is 1. The molecule has 0 radical (unpaired) electrons. The molecule has 132 valence electrons. The van der Waals surface area contributed by atoms with E-state index in [0.717, 1.165) is 33.5 Å². The van der Waals surface area contributed by atoms with E-state index in [0.29, 0.717) is 0 Å². The quantitative estimate of drug-likeness (QED) is 0.842. The molecular weight excluding hydrogens is 333 g/mol. The van der Waals surface area contributed by atoms with Crippen LogP contribution in [0.25, 0.3) is 0 Å². The number of carbonyl (C=O) groups excluding carboxylic acids is 2. The maximum Gasteiger partial charge on any atom is 0.422 e. The third-order valence-corrected chi connectivity index (χ3v) is 3.97. The Labute approximate surface area is 143 Å².